The number of nitrogens with two attached hydrogens (primary N) is 1. The summed E-state index contributed by atoms with van der Waals surface area (Å²) < 4.78 is 5.29. The van der Waals surface area contributed by atoms with Crippen molar-refractivity contribution in [1.82, 2.24) is 9.97 Å². The molecule has 3 N–H and O–H groups in total. The van der Waals surface area contributed by atoms with Gasteiger partial charge in [-0.2, -0.15) is 9.97 Å². The molecule has 1 aliphatic rings. The maximum atomic E-state index is 11.4. The van der Waals surface area contributed by atoms with E-state index in [9.17, 15) is 10.1 Å². The summed E-state index contributed by atoms with van der Waals surface area (Å²) in [7, 11) is 0. The number of nitro groups is 1. The molecule has 1 saturated heterocycles. The van der Waals surface area contributed by atoms with Crippen molar-refractivity contribution in [2.45, 2.75) is 6.42 Å². The summed E-state index contributed by atoms with van der Waals surface area (Å²) in [4.78, 5) is 21.0. The number of rotatable bonds is 6. The number of anilines is 3. The molecule has 2 heterocycles. The Kier molecular flexibility index (Phi) is 5.24. The normalized spacial score (nSPS) is 14.3. The molecule has 0 unspecified atom stereocenters. The highest BCUT2D eigenvalue weighted by atomic mass is 16.6. The van der Waals surface area contributed by atoms with Crippen molar-refractivity contribution in [3.63, 3.8) is 0 Å². The number of benzene rings is 1. The lowest BCUT2D eigenvalue weighted by molar-refractivity contribution is -0.383. The van der Waals surface area contributed by atoms with Gasteiger partial charge in [-0.3, -0.25) is 10.1 Å². The lowest BCUT2D eigenvalue weighted by Gasteiger charge is -2.27. The molecule has 0 amide bonds. The van der Waals surface area contributed by atoms with Crippen LogP contribution in [0.25, 0.3) is 0 Å². The zero-order valence-electron chi connectivity index (χ0n) is 13.7. The number of nitrogens with one attached hydrogen (secondary N) is 1. The highest BCUT2D eigenvalue weighted by Crippen LogP contribution is 2.32. The van der Waals surface area contributed by atoms with Crippen LogP contribution in [0.1, 0.15) is 5.56 Å². The Morgan fingerprint density at radius 3 is 2.64 bits per heavy atom. The van der Waals surface area contributed by atoms with Crippen LogP contribution in [0.3, 0.4) is 0 Å². The summed E-state index contributed by atoms with van der Waals surface area (Å²) in [6.45, 7) is 2.65. The van der Waals surface area contributed by atoms with Gasteiger partial charge in [0, 0.05) is 19.6 Å². The van der Waals surface area contributed by atoms with Crippen LogP contribution in [-0.2, 0) is 11.2 Å². The second-order valence-electron chi connectivity index (χ2n) is 5.62. The van der Waals surface area contributed by atoms with Gasteiger partial charge in [-0.1, -0.05) is 30.3 Å². The monoisotopic (exact) mass is 344 g/mol. The van der Waals surface area contributed by atoms with E-state index in [2.05, 4.69) is 15.3 Å². The van der Waals surface area contributed by atoms with E-state index in [1.807, 2.05) is 35.2 Å². The number of nitrogens with zero attached hydrogens (tertiary/aromatic N) is 4. The highest BCUT2D eigenvalue weighted by Gasteiger charge is 2.28. The molecule has 0 saturated carbocycles. The minimum atomic E-state index is -0.534. The Hall–Kier alpha value is -2.94. The molecular formula is C16H20N6O3. The van der Waals surface area contributed by atoms with Gasteiger partial charge < -0.3 is 20.7 Å². The standard InChI is InChI=1S/C16H20N6O3/c17-14-13(22(23)24)15(21-8-10-25-11-9-21)20-16(19-14)18-7-6-12-4-2-1-3-5-12/h1-5H,6-11H2,(H3,17,18,19,20). The van der Waals surface area contributed by atoms with Gasteiger partial charge in [0.2, 0.25) is 17.6 Å². The Morgan fingerprint density at radius 1 is 1.24 bits per heavy atom. The molecule has 9 heteroatoms. The summed E-state index contributed by atoms with van der Waals surface area (Å²) in [5.41, 5.74) is 6.75. The van der Waals surface area contributed by atoms with E-state index in [0.29, 0.717) is 38.8 Å². The van der Waals surface area contributed by atoms with Crippen LogP contribution in [0, 0.1) is 10.1 Å². The number of nitrogen functional groups attached to an aromatic ring is 1. The topological polar surface area (TPSA) is 119 Å². The van der Waals surface area contributed by atoms with Gasteiger partial charge in [0.25, 0.3) is 0 Å². The first-order chi connectivity index (χ1) is 12.1. The van der Waals surface area contributed by atoms with Gasteiger partial charge in [-0.15, -0.1) is 0 Å². The fourth-order valence-electron chi connectivity index (χ4n) is 2.67. The molecular weight excluding hydrogens is 324 g/mol. The SMILES string of the molecule is Nc1nc(NCCc2ccccc2)nc(N2CCOCC2)c1[N+](=O)[O-]. The van der Waals surface area contributed by atoms with Gasteiger partial charge in [-0.05, 0) is 12.0 Å². The lowest BCUT2D eigenvalue weighted by atomic mass is 10.1. The molecule has 0 aliphatic carbocycles. The molecule has 1 aliphatic heterocycles. The summed E-state index contributed by atoms with van der Waals surface area (Å²) in [6, 6.07) is 9.99. The lowest BCUT2D eigenvalue weighted by Crippen LogP contribution is -2.37. The molecule has 3 rings (SSSR count). The fraction of sp³-hybridized carbons (Fsp3) is 0.375. The second kappa shape index (κ2) is 7.75. The zero-order valence-corrected chi connectivity index (χ0v) is 13.7. The van der Waals surface area contributed by atoms with E-state index in [1.165, 1.54) is 5.56 Å². The van der Waals surface area contributed by atoms with E-state index >= 15 is 0 Å². The van der Waals surface area contributed by atoms with Crippen molar-refractivity contribution in [3.05, 3.63) is 46.0 Å². The zero-order chi connectivity index (χ0) is 17.6. The van der Waals surface area contributed by atoms with Crippen LogP contribution < -0.4 is 16.0 Å². The predicted molar refractivity (Wildman–Crippen MR) is 94.8 cm³/mol. The van der Waals surface area contributed by atoms with Crippen LogP contribution in [0.15, 0.2) is 30.3 Å². The molecule has 0 radical (unpaired) electrons. The second-order valence-corrected chi connectivity index (χ2v) is 5.62. The molecule has 0 spiro atoms. The van der Waals surface area contributed by atoms with Gasteiger partial charge in [0.15, 0.2) is 0 Å². The van der Waals surface area contributed by atoms with E-state index < -0.39 is 4.92 Å². The van der Waals surface area contributed by atoms with Gasteiger partial charge in [0.1, 0.15) is 0 Å². The number of ether oxygens (including phenoxy) is 1. The largest absolute Gasteiger partial charge is 0.378 e. The maximum Gasteiger partial charge on any atom is 0.353 e. The van der Waals surface area contributed by atoms with E-state index in [0.717, 1.165) is 6.42 Å². The summed E-state index contributed by atoms with van der Waals surface area (Å²) in [6.07, 6.45) is 0.786. The third kappa shape index (κ3) is 4.13. The smallest absolute Gasteiger partial charge is 0.353 e. The van der Waals surface area contributed by atoms with Crippen molar-refractivity contribution >= 4 is 23.3 Å². The summed E-state index contributed by atoms with van der Waals surface area (Å²) >= 11 is 0. The number of morpholine rings is 1. The van der Waals surface area contributed by atoms with Gasteiger partial charge in [-0.25, -0.2) is 0 Å². The molecule has 9 nitrogen and oxygen atoms in total. The van der Waals surface area contributed by atoms with Gasteiger partial charge in [0.05, 0.1) is 18.1 Å². The Balaban J connectivity index is 1.77. The minimum absolute atomic E-state index is 0.135. The average molecular weight is 344 g/mol. The third-order valence-electron chi connectivity index (χ3n) is 3.93. The molecule has 25 heavy (non-hydrogen) atoms. The van der Waals surface area contributed by atoms with Crippen molar-refractivity contribution in [2.24, 2.45) is 0 Å². The summed E-state index contributed by atoms with van der Waals surface area (Å²) in [5.74, 6) is 0.396. The van der Waals surface area contributed by atoms with Crippen LogP contribution in [-0.4, -0.2) is 47.7 Å². The molecule has 0 atom stereocenters. The fourth-order valence-corrected chi connectivity index (χ4v) is 2.67. The number of hydrogen-bond acceptors (Lipinski definition) is 8. The molecule has 1 aromatic carbocycles. The van der Waals surface area contributed by atoms with Crippen LogP contribution in [0.2, 0.25) is 0 Å². The van der Waals surface area contributed by atoms with Crippen LogP contribution in [0.4, 0.5) is 23.3 Å². The first kappa shape index (κ1) is 16.9. The molecule has 132 valence electrons. The van der Waals surface area contributed by atoms with Crippen molar-refractivity contribution < 1.29 is 9.66 Å². The highest BCUT2D eigenvalue weighted by molar-refractivity contribution is 5.71. The van der Waals surface area contributed by atoms with Crippen LogP contribution in [0.5, 0.6) is 0 Å². The summed E-state index contributed by atoms with van der Waals surface area (Å²) in [5, 5.41) is 14.5. The molecule has 1 aromatic heterocycles. The minimum Gasteiger partial charge on any atom is -0.378 e. The third-order valence-corrected chi connectivity index (χ3v) is 3.93. The van der Waals surface area contributed by atoms with Crippen molar-refractivity contribution in [2.75, 3.05) is 48.8 Å². The predicted octanol–water partition coefficient (Wildman–Crippen LogP) is 1.46. The molecule has 1 fully saturated rings. The van der Waals surface area contributed by atoms with Gasteiger partial charge >= 0.3 is 5.69 Å². The Bertz CT molecular complexity index is 734. The van der Waals surface area contributed by atoms with Crippen molar-refractivity contribution in [1.29, 1.82) is 0 Å². The Morgan fingerprint density at radius 2 is 1.96 bits per heavy atom. The van der Waals surface area contributed by atoms with E-state index in [-0.39, 0.29) is 17.3 Å². The quantitative estimate of drug-likeness (QED) is 0.597. The first-order valence-corrected chi connectivity index (χ1v) is 8.07. The number of hydrogen-bond donors (Lipinski definition) is 2. The van der Waals surface area contributed by atoms with Crippen LogP contribution >= 0.6 is 0 Å². The number of aromatic nitrogens is 2. The maximum absolute atomic E-state index is 11.4. The van der Waals surface area contributed by atoms with Crippen molar-refractivity contribution in [3.8, 4) is 0 Å². The average Bonchev–Trinajstić information content (AvgIpc) is 2.62. The van der Waals surface area contributed by atoms with E-state index in [1.54, 1.807) is 0 Å². The van der Waals surface area contributed by atoms with E-state index in [4.69, 9.17) is 10.5 Å². The molecule has 0 bridgehead atoms. The molecule has 2 aromatic rings. The Labute approximate surface area is 145 Å². The first-order valence-electron chi connectivity index (χ1n) is 8.07.